The number of benzene rings is 2. The van der Waals surface area contributed by atoms with Gasteiger partial charge in [0.1, 0.15) is 0 Å². The molecule has 0 unspecified atom stereocenters. The summed E-state index contributed by atoms with van der Waals surface area (Å²) in [4.78, 5) is 33.7. The second-order valence-corrected chi connectivity index (χ2v) is 8.95. The molecular weight excluding hydrogens is 438 g/mol. The summed E-state index contributed by atoms with van der Waals surface area (Å²) in [5.74, 6) is -0.0438. The number of esters is 1. The van der Waals surface area contributed by atoms with Crippen molar-refractivity contribution in [1.29, 1.82) is 0 Å². The highest BCUT2D eigenvalue weighted by atomic mass is 16.5. The van der Waals surface area contributed by atoms with Crippen molar-refractivity contribution in [1.82, 2.24) is 14.8 Å². The topological polar surface area (TPSA) is 62.7 Å². The molecule has 0 saturated carbocycles. The molecular formula is C29H33N3O3. The van der Waals surface area contributed by atoms with Crippen LogP contribution in [0.4, 0.5) is 0 Å². The van der Waals surface area contributed by atoms with E-state index < -0.39 is 0 Å². The van der Waals surface area contributed by atoms with Crippen LogP contribution in [0.15, 0.2) is 79.0 Å². The van der Waals surface area contributed by atoms with Gasteiger partial charge in [-0.1, -0.05) is 66.7 Å². The second kappa shape index (κ2) is 12.3. The molecule has 0 spiro atoms. The van der Waals surface area contributed by atoms with Crippen LogP contribution in [0.2, 0.25) is 0 Å². The van der Waals surface area contributed by atoms with Crippen LogP contribution in [0.1, 0.15) is 34.7 Å². The van der Waals surface area contributed by atoms with E-state index in [1.165, 1.54) is 0 Å². The van der Waals surface area contributed by atoms with Crippen LogP contribution in [0.5, 0.6) is 0 Å². The minimum Gasteiger partial charge on any atom is -0.464 e. The summed E-state index contributed by atoms with van der Waals surface area (Å²) in [5.41, 5.74) is 4.35. The Morgan fingerprint density at radius 3 is 2.11 bits per heavy atom. The smallest absolute Gasteiger partial charge is 0.320 e. The quantitative estimate of drug-likeness (QED) is 0.444. The number of pyridine rings is 1. The van der Waals surface area contributed by atoms with Crippen LogP contribution in [0.3, 0.4) is 0 Å². The molecule has 0 radical (unpaired) electrons. The normalized spacial score (nSPS) is 14.2. The van der Waals surface area contributed by atoms with Crippen LogP contribution >= 0.6 is 0 Å². The maximum absolute atomic E-state index is 13.2. The molecule has 4 rings (SSSR count). The molecule has 6 nitrogen and oxygen atoms in total. The van der Waals surface area contributed by atoms with Crippen molar-refractivity contribution >= 4 is 11.9 Å². The van der Waals surface area contributed by atoms with Gasteiger partial charge in [0.2, 0.25) is 5.91 Å². The molecule has 0 atom stereocenters. The van der Waals surface area contributed by atoms with E-state index in [9.17, 15) is 9.59 Å². The molecule has 0 N–H and O–H groups in total. The van der Waals surface area contributed by atoms with Crippen LogP contribution < -0.4 is 0 Å². The Kier molecular flexibility index (Phi) is 8.63. The van der Waals surface area contributed by atoms with Crippen LogP contribution in [-0.2, 0) is 20.7 Å². The number of ether oxygens (including phenoxy) is 1. The van der Waals surface area contributed by atoms with Gasteiger partial charge in [-0.3, -0.25) is 19.5 Å². The first-order valence-corrected chi connectivity index (χ1v) is 12.3. The van der Waals surface area contributed by atoms with E-state index in [4.69, 9.17) is 4.74 Å². The molecule has 6 heteroatoms. The van der Waals surface area contributed by atoms with E-state index >= 15 is 0 Å². The van der Waals surface area contributed by atoms with Gasteiger partial charge in [-0.05, 0) is 29.7 Å². The lowest BCUT2D eigenvalue weighted by atomic mass is 9.88. The fourth-order valence-corrected chi connectivity index (χ4v) is 4.54. The summed E-state index contributed by atoms with van der Waals surface area (Å²) < 4.78 is 5.44. The molecule has 1 aliphatic heterocycles. The van der Waals surface area contributed by atoms with E-state index in [1.54, 1.807) is 6.20 Å². The summed E-state index contributed by atoms with van der Waals surface area (Å²) >= 11 is 0. The number of rotatable bonds is 9. The Balaban J connectivity index is 1.24. The molecule has 1 aromatic heterocycles. The lowest BCUT2D eigenvalue weighted by Crippen LogP contribution is -2.50. The summed E-state index contributed by atoms with van der Waals surface area (Å²) in [6.07, 6.45) is 2.86. The Morgan fingerprint density at radius 1 is 0.886 bits per heavy atom. The van der Waals surface area contributed by atoms with Gasteiger partial charge >= 0.3 is 5.97 Å². The molecule has 1 amide bonds. The van der Waals surface area contributed by atoms with Crippen molar-refractivity contribution in [2.45, 2.75) is 25.7 Å². The number of carbonyl (C=O) groups excluding carboxylic acids is 2. The Morgan fingerprint density at radius 2 is 1.51 bits per heavy atom. The summed E-state index contributed by atoms with van der Waals surface area (Å²) in [6, 6.07) is 24.3. The zero-order valence-electron chi connectivity index (χ0n) is 20.3. The Labute approximate surface area is 207 Å². The van der Waals surface area contributed by atoms with Gasteiger partial charge in [0.15, 0.2) is 0 Å². The van der Waals surface area contributed by atoms with Crippen LogP contribution in [-0.4, -0.2) is 66.0 Å². The summed E-state index contributed by atoms with van der Waals surface area (Å²) in [5, 5.41) is 0. The molecule has 0 bridgehead atoms. The molecule has 1 fully saturated rings. The standard InChI is InChI=1S/C29H33N3O3/c1-23-24(13-8-15-30-23)14-20-35-29(34)22-31-16-18-32(19-17-31)28(33)21-27(25-9-4-2-5-10-25)26-11-6-3-7-12-26/h2-13,15,27H,14,16-22H2,1H3. The zero-order chi connectivity index (χ0) is 24.5. The third kappa shape index (κ3) is 6.99. The second-order valence-electron chi connectivity index (χ2n) is 8.95. The minimum atomic E-state index is -0.223. The first kappa shape index (κ1) is 24.6. The van der Waals surface area contributed by atoms with Crippen molar-refractivity contribution in [3.8, 4) is 0 Å². The molecule has 2 aromatic carbocycles. The van der Waals surface area contributed by atoms with Gasteiger partial charge in [0, 0.05) is 56.8 Å². The summed E-state index contributed by atoms with van der Waals surface area (Å²) in [7, 11) is 0. The maximum atomic E-state index is 13.2. The van der Waals surface area contributed by atoms with Crippen molar-refractivity contribution in [2.24, 2.45) is 0 Å². The number of aryl methyl sites for hydroxylation is 1. The van der Waals surface area contributed by atoms with E-state index in [1.807, 2.05) is 60.4 Å². The van der Waals surface area contributed by atoms with Gasteiger partial charge in [-0.15, -0.1) is 0 Å². The summed E-state index contributed by atoms with van der Waals surface area (Å²) in [6.45, 7) is 5.15. The monoisotopic (exact) mass is 471 g/mol. The molecule has 1 saturated heterocycles. The van der Waals surface area contributed by atoms with Crippen LogP contribution in [0.25, 0.3) is 0 Å². The maximum Gasteiger partial charge on any atom is 0.320 e. The van der Waals surface area contributed by atoms with Crippen molar-refractivity contribution < 1.29 is 14.3 Å². The van der Waals surface area contributed by atoms with Gasteiger partial charge in [-0.25, -0.2) is 0 Å². The number of aromatic nitrogens is 1. The lowest BCUT2D eigenvalue weighted by Gasteiger charge is -2.35. The number of hydrogen-bond acceptors (Lipinski definition) is 5. The van der Waals surface area contributed by atoms with E-state index in [2.05, 4.69) is 34.1 Å². The highest BCUT2D eigenvalue weighted by Gasteiger charge is 2.26. The largest absolute Gasteiger partial charge is 0.464 e. The highest BCUT2D eigenvalue weighted by molar-refractivity contribution is 5.78. The molecule has 2 heterocycles. The predicted molar refractivity (Wildman–Crippen MR) is 136 cm³/mol. The fourth-order valence-electron chi connectivity index (χ4n) is 4.54. The lowest BCUT2D eigenvalue weighted by molar-refractivity contribution is -0.145. The first-order valence-electron chi connectivity index (χ1n) is 12.3. The van der Waals surface area contributed by atoms with E-state index in [-0.39, 0.29) is 24.3 Å². The molecule has 0 aliphatic carbocycles. The number of piperazine rings is 1. The highest BCUT2D eigenvalue weighted by Crippen LogP contribution is 2.28. The van der Waals surface area contributed by atoms with Crippen molar-refractivity contribution in [3.63, 3.8) is 0 Å². The van der Waals surface area contributed by atoms with Gasteiger partial charge < -0.3 is 9.64 Å². The third-order valence-electron chi connectivity index (χ3n) is 6.61. The Hall–Kier alpha value is -3.51. The number of carbonyl (C=O) groups is 2. The van der Waals surface area contributed by atoms with Gasteiger partial charge in [0.05, 0.1) is 13.2 Å². The molecule has 35 heavy (non-hydrogen) atoms. The predicted octanol–water partition coefficient (Wildman–Crippen LogP) is 3.84. The van der Waals surface area contributed by atoms with Crippen LogP contribution in [0, 0.1) is 6.92 Å². The molecule has 3 aromatic rings. The minimum absolute atomic E-state index is 0.0290. The first-order chi connectivity index (χ1) is 17.1. The fraction of sp³-hybridized carbons (Fsp3) is 0.345. The average Bonchev–Trinajstić information content (AvgIpc) is 2.90. The van der Waals surface area contributed by atoms with E-state index in [0.717, 1.165) is 22.4 Å². The Bertz CT molecular complexity index is 1060. The van der Waals surface area contributed by atoms with Crippen molar-refractivity contribution in [2.75, 3.05) is 39.3 Å². The average molecular weight is 472 g/mol. The third-order valence-corrected chi connectivity index (χ3v) is 6.61. The number of nitrogens with zero attached hydrogens (tertiary/aromatic N) is 3. The number of hydrogen-bond donors (Lipinski definition) is 0. The molecule has 1 aliphatic rings. The zero-order valence-corrected chi connectivity index (χ0v) is 20.3. The van der Waals surface area contributed by atoms with Gasteiger partial charge in [0.25, 0.3) is 0 Å². The SMILES string of the molecule is Cc1ncccc1CCOC(=O)CN1CCN(C(=O)CC(c2ccccc2)c2ccccc2)CC1. The molecule has 182 valence electrons. The number of amides is 1. The van der Waals surface area contributed by atoms with E-state index in [0.29, 0.717) is 45.6 Å². The van der Waals surface area contributed by atoms with Crippen molar-refractivity contribution in [3.05, 3.63) is 101 Å². The van der Waals surface area contributed by atoms with Gasteiger partial charge in [-0.2, -0.15) is 0 Å².